The summed E-state index contributed by atoms with van der Waals surface area (Å²) in [6.07, 6.45) is 1.54. The van der Waals surface area contributed by atoms with E-state index in [-0.39, 0.29) is 11.9 Å². The molecule has 1 aliphatic heterocycles. The fourth-order valence-electron chi connectivity index (χ4n) is 2.73. The minimum Gasteiger partial charge on any atom is -0.497 e. The molecule has 21 heavy (non-hydrogen) atoms. The number of H-pyrrole nitrogens is 1. The first-order valence-corrected chi connectivity index (χ1v) is 6.81. The minimum absolute atomic E-state index is 0.156. The Morgan fingerprint density at radius 1 is 1.48 bits per heavy atom. The number of hydrogen-bond acceptors (Lipinski definition) is 4. The number of aromatic amines is 1. The average molecular weight is 287 g/mol. The predicted octanol–water partition coefficient (Wildman–Crippen LogP) is 1.37. The van der Waals surface area contributed by atoms with Crippen LogP contribution in [0, 0.1) is 0 Å². The lowest BCUT2D eigenvalue weighted by Gasteiger charge is -2.24. The molecule has 1 aliphatic rings. The van der Waals surface area contributed by atoms with E-state index in [1.165, 1.54) is 0 Å². The number of amides is 1. The van der Waals surface area contributed by atoms with Crippen molar-refractivity contribution in [1.29, 1.82) is 0 Å². The number of carbonyl (C=O) groups is 1. The second kappa shape index (κ2) is 5.57. The van der Waals surface area contributed by atoms with Gasteiger partial charge < -0.3 is 14.7 Å². The molecule has 2 N–H and O–H groups in total. The predicted molar refractivity (Wildman–Crippen MR) is 76.0 cm³/mol. The number of aliphatic hydroxyl groups excluding tert-OH is 1. The molecule has 2 aromatic rings. The third kappa shape index (κ3) is 2.62. The molecule has 0 spiro atoms. The number of nitrogens with zero attached hydrogens (tertiary/aromatic N) is 2. The fraction of sp³-hybridized carbons (Fsp3) is 0.333. The quantitative estimate of drug-likeness (QED) is 0.893. The maximum atomic E-state index is 12.5. The van der Waals surface area contributed by atoms with Crippen molar-refractivity contribution in [3.05, 3.63) is 47.8 Å². The van der Waals surface area contributed by atoms with Crippen LogP contribution in [-0.2, 0) is 0 Å². The van der Waals surface area contributed by atoms with Gasteiger partial charge in [-0.2, -0.15) is 5.10 Å². The highest BCUT2D eigenvalue weighted by atomic mass is 16.5. The van der Waals surface area contributed by atoms with Crippen LogP contribution in [0.1, 0.15) is 28.5 Å². The number of β-amino-alcohol motifs (C(OH)–C–C–N with tert-alkyl or cyclic N) is 1. The van der Waals surface area contributed by atoms with Crippen LogP contribution in [0.3, 0.4) is 0 Å². The van der Waals surface area contributed by atoms with Gasteiger partial charge in [0.15, 0.2) is 0 Å². The highest BCUT2D eigenvalue weighted by Crippen LogP contribution is 2.34. The Balaban J connectivity index is 1.90. The molecular weight excluding hydrogens is 270 g/mol. The summed E-state index contributed by atoms with van der Waals surface area (Å²) in [5, 5.41) is 16.4. The Kier molecular flexibility index (Phi) is 3.62. The zero-order valence-corrected chi connectivity index (χ0v) is 11.7. The third-order valence-corrected chi connectivity index (χ3v) is 3.75. The van der Waals surface area contributed by atoms with Crippen LogP contribution >= 0.6 is 0 Å². The Morgan fingerprint density at radius 2 is 2.33 bits per heavy atom. The van der Waals surface area contributed by atoms with Crippen molar-refractivity contribution in [2.24, 2.45) is 0 Å². The molecule has 110 valence electrons. The SMILES string of the molecule is COc1cccc([C@@H]2C[C@H](O)CN2C(=O)c2ccn[nH]2)c1. The van der Waals surface area contributed by atoms with E-state index in [2.05, 4.69) is 10.2 Å². The number of benzene rings is 1. The molecule has 1 fully saturated rings. The number of carbonyl (C=O) groups excluding carboxylic acids is 1. The molecule has 1 saturated heterocycles. The van der Waals surface area contributed by atoms with E-state index >= 15 is 0 Å². The summed E-state index contributed by atoms with van der Waals surface area (Å²) in [7, 11) is 1.61. The summed E-state index contributed by atoms with van der Waals surface area (Å²) >= 11 is 0. The zero-order valence-electron chi connectivity index (χ0n) is 11.7. The smallest absolute Gasteiger partial charge is 0.272 e. The van der Waals surface area contributed by atoms with Gasteiger partial charge in [-0.1, -0.05) is 12.1 Å². The number of ether oxygens (including phenoxy) is 1. The van der Waals surface area contributed by atoms with Gasteiger partial charge in [0.05, 0.1) is 19.3 Å². The number of methoxy groups -OCH3 is 1. The number of hydrogen-bond donors (Lipinski definition) is 2. The van der Waals surface area contributed by atoms with E-state index in [4.69, 9.17) is 4.74 Å². The van der Waals surface area contributed by atoms with E-state index < -0.39 is 6.10 Å². The molecule has 0 bridgehead atoms. The van der Waals surface area contributed by atoms with Gasteiger partial charge in [0.2, 0.25) is 0 Å². The van der Waals surface area contributed by atoms with E-state index in [1.807, 2.05) is 24.3 Å². The van der Waals surface area contributed by atoms with Crippen LogP contribution in [0.2, 0.25) is 0 Å². The van der Waals surface area contributed by atoms with Gasteiger partial charge in [-0.15, -0.1) is 0 Å². The van der Waals surface area contributed by atoms with Crippen LogP contribution in [0.25, 0.3) is 0 Å². The molecular formula is C15H17N3O3. The molecule has 0 unspecified atom stereocenters. The van der Waals surface area contributed by atoms with E-state index in [1.54, 1.807) is 24.3 Å². The Bertz CT molecular complexity index is 627. The second-order valence-corrected chi connectivity index (χ2v) is 5.11. The summed E-state index contributed by atoms with van der Waals surface area (Å²) in [4.78, 5) is 14.2. The van der Waals surface area contributed by atoms with Crippen LogP contribution in [0.4, 0.5) is 0 Å². The van der Waals surface area contributed by atoms with Gasteiger partial charge in [0.25, 0.3) is 5.91 Å². The second-order valence-electron chi connectivity index (χ2n) is 5.11. The molecule has 1 amide bonds. The van der Waals surface area contributed by atoms with E-state index in [0.717, 1.165) is 11.3 Å². The van der Waals surface area contributed by atoms with E-state index in [0.29, 0.717) is 18.7 Å². The summed E-state index contributed by atoms with van der Waals surface area (Å²) in [6, 6.07) is 9.06. The summed E-state index contributed by atoms with van der Waals surface area (Å²) in [5.74, 6) is 0.583. The van der Waals surface area contributed by atoms with Crippen LogP contribution in [-0.4, -0.2) is 45.9 Å². The van der Waals surface area contributed by atoms with Crippen molar-refractivity contribution in [2.75, 3.05) is 13.7 Å². The van der Waals surface area contributed by atoms with Crippen molar-refractivity contribution in [2.45, 2.75) is 18.6 Å². The number of nitrogens with one attached hydrogen (secondary N) is 1. The van der Waals surface area contributed by atoms with Crippen molar-refractivity contribution in [3.63, 3.8) is 0 Å². The maximum Gasteiger partial charge on any atom is 0.272 e. The molecule has 2 heterocycles. The lowest BCUT2D eigenvalue weighted by Crippen LogP contribution is -2.32. The number of aromatic nitrogens is 2. The Morgan fingerprint density at radius 3 is 3.05 bits per heavy atom. The van der Waals surface area contributed by atoms with Crippen molar-refractivity contribution in [1.82, 2.24) is 15.1 Å². The largest absolute Gasteiger partial charge is 0.497 e. The first-order chi connectivity index (χ1) is 10.2. The van der Waals surface area contributed by atoms with Crippen molar-refractivity contribution in [3.8, 4) is 5.75 Å². The number of likely N-dealkylation sites (tertiary alicyclic amines) is 1. The van der Waals surface area contributed by atoms with Gasteiger partial charge in [-0.05, 0) is 30.2 Å². The first kappa shape index (κ1) is 13.6. The van der Waals surface area contributed by atoms with Gasteiger partial charge >= 0.3 is 0 Å². The summed E-state index contributed by atoms with van der Waals surface area (Å²) < 4.78 is 5.23. The third-order valence-electron chi connectivity index (χ3n) is 3.75. The average Bonchev–Trinajstić information content (AvgIpc) is 3.16. The topological polar surface area (TPSA) is 78.5 Å². The van der Waals surface area contributed by atoms with Crippen molar-refractivity contribution < 1.29 is 14.6 Å². The maximum absolute atomic E-state index is 12.5. The van der Waals surface area contributed by atoms with Crippen LogP contribution in [0.15, 0.2) is 36.5 Å². The molecule has 6 heteroatoms. The monoisotopic (exact) mass is 287 g/mol. The van der Waals surface area contributed by atoms with Crippen molar-refractivity contribution >= 4 is 5.91 Å². The number of aliphatic hydroxyl groups is 1. The first-order valence-electron chi connectivity index (χ1n) is 6.81. The van der Waals surface area contributed by atoms with Gasteiger partial charge in [-0.3, -0.25) is 9.89 Å². The highest BCUT2D eigenvalue weighted by molar-refractivity contribution is 5.92. The minimum atomic E-state index is -0.520. The molecule has 0 saturated carbocycles. The lowest BCUT2D eigenvalue weighted by molar-refractivity contribution is 0.0709. The summed E-state index contributed by atoms with van der Waals surface area (Å²) in [5.41, 5.74) is 1.38. The molecule has 1 aromatic heterocycles. The molecule has 0 aliphatic carbocycles. The molecule has 2 atom stereocenters. The van der Waals surface area contributed by atoms with E-state index in [9.17, 15) is 9.90 Å². The summed E-state index contributed by atoms with van der Waals surface area (Å²) in [6.45, 7) is 0.319. The zero-order chi connectivity index (χ0) is 14.8. The Hall–Kier alpha value is -2.34. The van der Waals surface area contributed by atoms with Gasteiger partial charge in [0, 0.05) is 12.7 Å². The molecule has 1 aromatic carbocycles. The van der Waals surface area contributed by atoms with Gasteiger partial charge in [-0.25, -0.2) is 0 Å². The molecule has 6 nitrogen and oxygen atoms in total. The lowest BCUT2D eigenvalue weighted by atomic mass is 10.0. The van der Waals surface area contributed by atoms with Gasteiger partial charge in [0.1, 0.15) is 11.4 Å². The fourth-order valence-corrected chi connectivity index (χ4v) is 2.73. The Labute approximate surface area is 122 Å². The van der Waals surface area contributed by atoms with Crippen LogP contribution < -0.4 is 4.74 Å². The molecule has 0 radical (unpaired) electrons. The number of rotatable bonds is 3. The highest BCUT2D eigenvalue weighted by Gasteiger charge is 2.36. The normalized spacial score (nSPS) is 21.5. The molecule has 3 rings (SSSR count). The standard InChI is InChI=1S/C15H17N3O3/c1-21-12-4-2-3-10(7-12)14-8-11(19)9-18(14)15(20)13-5-6-16-17-13/h2-7,11,14,19H,8-9H2,1H3,(H,16,17)/t11-,14-/m0/s1. The van der Waals surface area contributed by atoms with Crippen LogP contribution in [0.5, 0.6) is 5.75 Å².